The van der Waals surface area contributed by atoms with Crippen molar-refractivity contribution in [1.29, 1.82) is 0 Å². The molecule has 0 radical (unpaired) electrons. The van der Waals surface area contributed by atoms with Gasteiger partial charge in [0.2, 0.25) is 0 Å². The van der Waals surface area contributed by atoms with Crippen LogP contribution in [0.4, 0.5) is 10.5 Å². The Hall–Kier alpha value is -3.01. The van der Waals surface area contributed by atoms with E-state index in [2.05, 4.69) is 28.8 Å². The second kappa shape index (κ2) is 7.04. The standard InChI is InChI=1S/C20H20N2O2/c1-14-10-11-19(24-2)18(12-14)22-20(23)21-13-16-8-5-7-15-6-3-4-9-17(15)16/h3-12H,13H2,1-2H3,(H2,21,22,23). The van der Waals surface area contributed by atoms with E-state index in [1.165, 1.54) is 0 Å². The summed E-state index contributed by atoms with van der Waals surface area (Å²) < 4.78 is 5.28. The summed E-state index contributed by atoms with van der Waals surface area (Å²) in [6, 6.07) is 19.6. The molecule has 3 rings (SSSR count). The molecule has 0 heterocycles. The predicted molar refractivity (Wildman–Crippen MR) is 97.5 cm³/mol. The quantitative estimate of drug-likeness (QED) is 0.744. The molecule has 0 bridgehead atoms. The van der Waals surface area contributed by atoms with Crippen LogP contribution in [0.25, 0.3) is 10.8 Å². The van der Waals surface area contributed by atoms with Crippen LogP contribution in [0.5, 0.6) is 5.75 Å². The first-order valence-corrected chi connectivity index (χ1v) is 7.83. The largest absolute Gasteiger partial charge is 0.495 e. The lowest BCUT2D eigenvalue weighted by Gasteiger charge is -2.12. The Morgan fingerprint density at radius 2 is 1.83 bits per heavy atom. The summed E-state index contributed by atoms with van der Waals surface area (Å²) in [7, 11) is 1.59. The van der Waals surface area contributed by atoms with Gasteiger partial charge in [-0.2, -0.15) is 0 Å². The highest BCUT2D eigenvalue weighted by Gasteiger charge is 2.08. The van der Waals surface area contributed by atoms with Gasteiger partial charge in [0.15, 0.2) is 0 Å². The number of fused-ring (bicyclic) bond motifs is 1. The van der Waals surface area contributed by atoms with Crippen molar-refractivity contribution < 1.29 is 9.53 Å². The van der Waals surface area contributed by atoms with E-state index in [4.69, 9.17) is 4.74 Å². The fourth-order valence-corrected chi connectivity index (χ4v) is 2.71. The van der Waals surface area contributed by atoms with Gasteiger partial charge in [-0.15, -0.1) is 0 Å². The first-order valence-electron chi connectivity index (χ1n) is 7.83. The Balaban J connectivity index is 1.71. The number of ether oxygens (including phenoxy) is 1. The van der Waals surface area contributed by atoms with Crippen LogP contribution in [0.3, 0.4) is 0 Å². The molecule has 0 aliphatic heterocycles. The molecule has 3 aromatic rings. The first-order chi connectivity index (χ1) is 11.7. The third-order valence-electron chi connectivity index (χ3n) is 3.92. The van der Waals surface area contributed by atoms with Gasteiger partial charge in [0.1, 0.15) is 5.75 Å². The van der Waals surface area contributed by atoms with Crippen molar-refractivity contribution in [3.63, 3.8) is 0 Å². The van der Waals surface area contributed by atoms with E-state index in [9.17, 15) is 4.79 Å². The minimum absolute atomic E-state index is 0.258. The number of hydrogen-bond acceptors (Lipinski definition) is 2. The molecule has 0 atom stereocenters. The minimum Gasteiger partial charge on any atom is -0.495 e. The molecule has 4 heteroatoms. The van der Waals surface area contributed by atoms with E-state index < -0.39 is 0 Å². The summed E-state index contributed by atoms with van der Waals surface area (Å²) in [5.74, 6) is 0.640. The van der Waals surface area contributed by atoms with Crippen molar-refractivity contribution in [3.05, 3.63) is 71.8 Å². The van der Waals surface area contributed by atoms with Crippen LogP contribution in [0.1, 0.15) is 11.1 Å². The van der Waals surface area contributed by atoms with Crippen LogP contribution in [0.15, 0.2) is 60.7 Å². The molecule has 0 aliphatic rings. The van der Waals surface area contributed by atoms with Crippen molar-refractivity contribution in [1.82, 2.24) is 5.32 Å². The van der Waals surface area contributed by atoms with E-state index in [-0.39, 0.29) is 6.03 Å². The lowest BCUT2D eigenvalue weighted by Crippen LogP contribution is -2.28. The van der Waals surface area contributed by atoms with Gasteiger partial charge in [0.25, 0.3) is 0 Å². The molecule has 0 saturated carbocycles. The van der Waals surface area contributed by atoms with Crippen molar-refractivity contribution in [3.8, 4) is 5.75 Å². The van der Waals surface area contributed by atoms with E-state index in [0.29, 0.717) is 18.0 Å². The maximum Gasteiger partial charge on any atom is 0.319 e. The molecule has 122 valence electrons. The summed E-state index contributed by atoms with van der Waals surface area (Å²) in [6.45, 7) is 2.43. The number of carbonyl (C=O) groups is 1. The number of anilines is 1. The highest BCUT2D eigenvalue weighted by molar-refractivity contribution is 5.91. The fraction of sp³-hybridized carbons (Fsp3) is 0.150. The summed E-state index contributed by atoms with van der Waals surface area (Å²) in [5.41, 5.74) is 2.80. The minimum atomic E-state index is -0.258. The highest BCUT2D eigenvalue weighted by Crippen LogP contribution is 2.25. The number of rotatable bonds is 4. The van der Waals surface area contributed by atoms with Gasteiger partial charge in [0, 0.05) is 6.54 Å². The number of urea groups is 1. The highest BCUT2D eigenvalue weighted by atomic mass is 16.5. The van der Waals surface area contributed by atoms with E-state index >= 15 is 0 Å². The molecule has 2 amide bonds. The number of hydrogen-bond donors (Lipinski definition) is 2. The molecule has 3 aromatic carbocycles. The third-order valence-corrected chi connectivity index (χ3v) is 3.92. The molecule has 4 nitrogen and oxygen atoms in total. The van der Waals surface area contributed by atoms with Crippen molar-refractivity contribution >= 4 is 22.5 Å². The topological polar surface area (TPSA) is 50.4 Å². The van der Waals surface area contributed by atoms with Crippen LogP contribution in [-0.2, 0) is 6.54 Å². The maximum atomic E-state index is 12.2. The van der Waals surface area contributed by atoms with Crippen molar-refractivity contribution in [2.24, 2.45) is 0 Å². The van der Waals surface area contributed by atoms with Gasteiger partial charge < -0.3 is 15.4 Å². The predicted octanol–water partition coefficient (Wildman–Crippen LogP) is 4.48. The van der Waals surface area contributed by atoms with E-state index in [1.807, 2.05) is 49.4 Å². The van der Waals surface area contributed by atoms with Crippen LogP contribution in [0, 0.1) is 6.92 Å². The summed E-state index contributed by atoms with van der Waals surface area (Å²) >= 11 is 0. The van der Waals surface area contributed by atoms with Gasteiger partial charge in [-0.3, -0.25) is 0 Å². The van der Waals surface area contributed by atoms with Gasteiger partial charge in [-0.1, -0.05) is 48.5 Å². The molecule has 0 fully saturated rings. The molecule has 0 unspecified atom stereocenters. The number of benzene rings is 3. The van der Waals surface area contributed by atoms with Gasteiger partial charge in [-0.25, -0.2) is 4.79 Å². The number of amides is 2. The average Bonchev–Trinajstić information content (AvgIpc) is 2.60. The number of carbonyl (C=O) groups excluding carboxylic acids is 1. The Kier molecular flexibility index (Phi) is 4.66. The fourth-order valence-electron chi connectivity index (χ4n) is 2.71. The third kappa shape index (κ3) is 3.49. The van der Waals surface area contributed by atoms with Crippen LogP contribution < -0.4 is 15.4 Å². The molecule has 24 heavy (non-hydrogen) atoms. The molecule has 2 N–H and O–H groups in total. The maximum absolute atomic E-state index is 12.2. The second-order valence-corrected chi connectivity index (χ2v) is 5.65. The monoisotopic (exact) mass is 320 g/mol. The summed E-state index contributed by atoms with van der Waals surface area (Å²) in [4.78, 5) is 12.2. The SMILES string of the molecule is COc1ccc(C)cc1NC(=O)NCc1cccc2ccccc12. The molecular formula is C20H20N2O2. The van der Waals surface area contributed by atoms with Crippen LogP contribution >= 0.6 is 0 Å². The smallest absolute Gasteiger partial charge is 0.319 e. The van der Waals surface area contributed by atoms with E-state index in [1.54, 1.807) is 7.11 Å². The second-order valence-electron chi connectivity index (χ2n) is 5.65. The van der Waals surface area contributed by atoms with Crippen LogP contribution in [0.2, 0.25) is 0 Å². The Morgan fingerprint density at radius 3 is 2.67 bits per heavy atom. The molecular weight excluding hydrogens is 300 g/mol. The number of methoxy groups -OCH3 is 1. The van der Waals surface area contributed by atoms with Gasteiger partial charge >= 0.3 is 6.03 Å². The lowest BCUT2D eigenvalue weighted by molar-refractivity contribution is 0.251. The number of nitrogens with one attached hydrogen (secondary N) is 2. The zero-order valence-corrected chi connectivity index (χ0v) is 13.8. The van der Waals surface area contributed by atoms with E-state index in [0.717, 1.165) is 21.9 Å². The van der Waals surface area contributed by atoms with Crippen molar-refractivity contribution in [2.75, 3.05) is 12.4 Å². The first kappa shape index (κ1) is 15.9. The summed E-state index contributed by atoms with van der Waals surface area (Å²) in [6.07, 6.45) is 0. The molecule has 0 saturated heterocycles. The zero-order valence-electron chi connectivity index (χ0n) is 13.8. The summed E-state index contributed by atoms with van der Waals surface area (Å²) in [5, 5.41) is 8.06. The average molecular weight is 320 g/mol. The van der Waals surface area contributed by atoms with Gasteiger partial charge in [-0.05, 0) is 41.0 Å². The van der Waals surface area contributed by atoms with Crippen LogP contribution in [-0.4, -0.2) is 13.1 Å². The molecule has 0 spiro atoms. The Labute approximate surface area is 141 Å². The molecule has 0 aromatic heterocycles. The Bertz CT molecular complexity index is 869. The zero-order chi connectivity index (χ0) is 16.9. The molecule has 0 aliphatic carbocycles. The van der Waals surface area contributed by atoms with Gasteiger partial charge in [0.05, 0.1) is 12.8 Å². The Morgan fingerprint density at radius 1 is 1.04 bits per heavy atom. The lowest BCUT2D eigenvalue weighted by atomic mass is 10.0. The van der Waals surface area contributed by atoms with Crippen molar-refractivity contribution in [2.45, 2.75) is 13.5 Å². The normalized spacial score (nSPS) is 10.4. The number of aryl methyl sites for hydroxylation is 1.